The fraction of sp³-hybridized carbons (Fsp3) is 0.214. The number of aryl methyl sites for hydroxylation is 1. The number of benzene rings is 1. The number of anilines is 1. The first-order valence-electron chi connectivity index (χ1n) is 6.14. The molecule has 0 aliphatic carbocycles. The van der Waals surface area contributed by atoms with E-state index in [1.807, 2.05) is 24.3 Å². The number of aliphatic hydroxyl groups is 1. The molecule has 6 heteroatoms. The molecule has 0 saturated heterocycles. The number of aromatic nitrogens is 1. The van der Waals surface area contributed by atoms with Crippen LogP contribution in [0.1, 0.15) is 16.8 Å². The standard InChI is InChI=1S/C14H15N3O3/c1-10-2-7-13(17(19)20)14(16-10)15-8-11-3-5-12(9-18)6-4-11/h2-7,18H,8-9H2,1H3,(H,15,16). The summed E-state index contributed by atoms with van der Waals surface area (Å²) in [7, 11) is 0. The van der Waals surface area contributed by atoms with Gasteiger partial charge in [-0.05, 0) is 24.1 Å². The van der Waals surface area contributed by atoms with Gasteiger partial charge in [-0.15, -0.1) is 0 Å². The van der Waals surface area contributed by atoms with Gasteiger partial charge in [-0.2, -0.15) is 0 Å². The van der Waals surface area contributed by atoms with Crippen molar-refractivity contribution in [3.05, 3.63) is 63.3 Å². The molecule has 2 N–H and O–H groups in total. The van der Waals surface area contributed by atoms with Gasteiger partial charge in [-0.25, -0.2) is 4.98 Å². The lowest BCUT2D eigenvalue weighted by molar-refractivity contribution is -0.384. The van der Waals surface area contributed by atoms with E-state index >= 15 is 0 Å². The summed E-state index contributed by atoms with van der Waals surface area (Å²) in [6, 6.07) is 10.4. The molecule has 2 aromatic rings. The Labute approximate surface area is 116 Å². The molecule has 104 valence electrons. The Hall–Kier alpha value is -2.47. The molecule has 0 aliphatic heterocycles. The number of aliphatic hydroxyl groups excluding tert-OH is 1. The Bertz CT molecular complexity index is 612. The van der Waals surface area contributed by atoms with Crippen molar-refractivity contribution in [1.29, 1.82) is 0 Å². The third kappa shape index (κ3) is 3.30. The quantitative estimate of drug-likeness (QED) is 0.645. The second-order valence-corrected chi connectivity index (χ2v) is 4.41. The molecule has 1 aromatic heterocycles. The largest absolute Gasteiger partial charge is 0.392 e. The summed E-state index contributed by atoms with van der Waals surface area (Å²) in [5.41, 5.74) is 2.46. The van der Waals surface area contributed by atoms with E-state index in [-0.39, 0.29) is 18.1 Å². The maximum absolute atomic E-state index is 10.9. The maximum Gasteiger partial charge on any atom is 0.311 e. The predicted octanol–water partition coefficient (Wildman–Crippen LogP) is 2.40. The number of nitrogens with one attached hydrogen (secondary N) is 1. The molecule has 20 heavy (non-hydrogen) atoms. The van der Waals surface area contributed by atoms with Crippen molar-refractivity contribution in [2.24, 2.45) is 0 Å². The number of pyridine rings is 1. The number of nitro groups is 1. The van der Waals surface area contributed by atoms with Crippen LogP contribution in [0, 0.1) is 17.0 Å². The zero-order valence-electron chi connectivity index (χ0n) is 11.0. The smallest absolute Gasteiger partial charge is 0.311 e. The van der Waals surface area contributed by atoms with E-state index in [1.54, 1.807) is 13.0 Å². The Morgan fingerprint density at radius 2 is 1.85 bits per heavy atom. The molecule has 0 aliphatic rings. The molecular formula is C14H15N3O3. The van der Waals surface area contributed by atoms with Gasteiger partial charge >= 0.3 is 5.69 Å². The number of hydrogen-bond donors (Lipinski definition) is 2. The lowest BCUT2D eigenvalue weighted by Crippen LogP contribution is -2.05. The first-order valence-corrected chi connectivity index (χ1v) is 6.14. The Morgan fingerprint density at radius 3 is 2.45 bits per heavy atom. The minimum atomic E-state index is -0.455. The topological polar surface area (TPSA) is 88.3 Å². The molecule has 1 aromatic carbocycles. The van der Waals surface area contributed by atoms with Crippen LogP contribution in [-0.2, 0) is 13.2 Å². The predicted molar refractivity (Wildman–Crippen MR) is 75.3 cm³/mol. The molecule has 0 radical (unpaired) electrons. The Balaban J connectivity index is 2.13. The summed E-state index contributed by atoms with van der Waals surface area (Å²) in [6.07, 6.45) is 0. The molecule has 0 bridgehead atoms. The highest BCUT2D eigenvalue weighted by molar-refractivity contribution is 5.56. The van der Waals surface area contributed by atoms with Gasteiger partial charge in [0.2, 0.25) is 5.82 Å². The van der Waals surface area contributed by atoms with Crippen LogP contribution in [0.25, 0.3) is 0 Å². The van der Waals surface area contributed by atoms with E-state index in [1.165, 1.54) is 6.07 Å². The lowest BCUT2D eigenvalue weighted by atomic mass is 10.1. The first-order chi connectivity index (χ1) is 9.60. The third-order valence-corrected chi connectivity index (χ3v) is 2.88. The number of rotatable bonds is 5. The first kappa shape index (κ1) is 14.0. The summed E-state index contributed by atoms with van der Waals surface area (Å²) < 4.78 is 0. The van der Waals surface area contributed by atoms with Crippen molar-refractivity contribution in [2.75, 3.05) is 5.32 Å². The summed E-state index contributed by atoms with van der Waals surface area (Å²) in [4.78, 5) is 14.6. The van der Waals surface area contributed by atoms with Crippen molar-refractivity contribution < 1.29 is 10.0 Å². The zero-order valence-corrected chi connectivity index (χ0v) is 11.0. The number of nitrogens with zero attached hydrogens (tertiary/aromatic N) is 2. The molecule has 6 nitrogen and oxygen atoms in total. The van der Waals surface area contributed by atoms with Gasteiger partial charge in [0.25, 0.3) is 0 Å². The van der Waals surface area contributed by atoms with E-state index in [2.05, 4.69) is 10.3 Å². The van der Waals surface area contributed by atoms with Crippen molar-refractivity contribution in [3.63, 3.8) is 0 Å². The summed E-state index contributed by atoms with van der Waals surface area (Å²) in [5, 5.41) is 22.9. The molecule has 0 unspecified atom stereocenters. The monoisotopic (exact) mass is 273 g/mol. The van der Waals surface area contributed by atoms with Crippen molar-refractivity contribution in [2.45, 2.75) is 20.1 Å². The highest BCUT2D eigenvalue weighted by Crippen LogP contribution is 2.22. The third-order valence-electron chi connectivity index (χ3n) is 2.88. The molecule has 0 atom stereocenters. The second kappa shape index (κ2) is 6.12. The number of hydrogen-bond acceptors (Lipinski definition) is 5. The van der Waals surface area contributed by atoms with Crippen molar-refractivity contribution in [3.8, 4) is 0 Å². The van der Waals surface area contributed by atoms with Crippen LogP contribution in [0.4, 0.5) is 11.5 Å². The maximum atomic E-state index is 10.9. The molecule has 0 spiro atoms. The minimum absolute atomic E-state index is 0.00137. The van der Waals surface area contributed by atoms with Gasteiger partial charge in [-0.3, -0.25) is 10.1 Å². The SMILES string of the molecule is Cc1ccc([N+](=O)[O-])c(NCc2ccc(CO)cc2)n1. The molecule has 0 fully saturated rings. The van der Waals surface area contributed by atoms with Crippen LogP contribution in [0.2, 0.25) is 0 Å². The summed E-state index contributed by atoms with van der Waals surface area (Å²) >= 11 is 0. The lowest BCUT2D eigenvalue weighted by Gasteiger charge is -2.07. The van der Waals surface area contributed by atoms with E-state index in [4.69, 9.17) is 5.11 Å². The average molecular weight is 273 g/mol. The normalized spacial score (nSPS) is 10.3. The van der Waals surface area contributed by atoms with Gasteiger partial charge in [0.1, 0.15) is 0 Å². The zero-order chi connectivity index (χ0) is 14.5. The minimum Gasteiger partial charge on any atom is -0.392 e. The van der Waals surface area contributed by atoms with Crippen LogP contribution in [0.5, 0.6) is 0 Å². The van der Waals surface area contributed by atoms with Crippen molar-refractivity contribution >= 4 is 11.5 Å². The Morgan fingerprint density at radius 1 is 1.20 bits per heavy atom. The van der Waals surface area contributed by atoms with E-state index in [0.717, 1.165) is 11.1 Å². The van der Waals surface area contributed by atoms with Crippen molar-refractivity contribution in [1.82, 2.24) is 4.98 Å². The van der Waals surface area contributed by atoms with Gasteiger partial charge in [0.15, 0.2) is 0 Å². The van der Waals surface area contributed by atoms with E-state index in [9.17, 15) is 10.1 Å². The van der Waals surface area contributed by atoms with Crippen LogP contribution < -0.4 is 5.32 Å². The second-order valence-electron chi connectivity index (χ2n) is 4.41. The molecule has 0 saturated carbocycles. The van der Waals surface area contributed by atoms with Gasteiger partial charge in [0, 0.05) is 18.3 Å². The van der Waals surface area contributed by atoms with Crippen LogP contribution in [0.15, 0.2) is 36.4 Å². The summed E-state index contributed by atoms with van der Waals surface area (Å²) in [5.74, 6) is 0.265. The summed E-state index contributed by atoms with van der Waals surface area (Å²) in [6.45, 7) is 2.21. The molecule has 1 heterocycles. The Kier molecular flexibility index (Phi) is 4.27. The highest BCUT2D eigenvalue weighted by Gasteiger charge is 2.14. The van der Waals surface area contributed by atoms with Gasteiger partial charge in [-0.1, -0.05) is 24.3 Å². The van der Waals surface area contributed by atoms with E-state index in [0.29, 0.717) is 12.2 Å². The van der Waals surface area contributed by atoms with Crippen LogP contribution in [-0.4, -0.2) is 15.0 Å². The van der Waals surface area contributed by atoms with Gasteiger partial charge < -0.3 is 10.4 Å². The molecule has 2 rings (SSSR count). The van der Waals surface area contributed by atoms with Crippen LogP contribution in [0.3, 0.4) is 0 Å². The molecule has 0 amide bonds. The highest BCUT2D eigenvalue weighted by atomic mass is 16.6. The fourth-order valence-corrected chi connectivity index (χ4v) is 1.78. The average Bonchev–Trinajstić information content (AvgIpc) is 2.45. The molecular weight excluding hydrogens is 258 g/mol. The fourth-order valence-electron chi connectivity index (χ4n) is 1.78. The van der Waals surface area contributed by atoms with Gasteiger partial charge in [0.05, 0.1) is 11.5 Å². The van der Waals surface area contributed by atoms with E-state index < -0.39 is 4.92 Å². The van der Waals surface area contributed by atoms with Crippen LogP contribution >= 0.6 is 0 Å².